The number of aryl methyl sites for hydroxylation is 2. The van der Waals surface area contributed by atoms with Crippen LogP contribution in [-0.2, 0) is 11.2 Å². The molecule has 4 heteroatoms. The molecule has 0 radical (unpaired) electrons. The molecule has 0 aliphatic heterocycles. The smallest absolute Gasteiger partial charge is 0.231 e. The van der Waals surface area contributed by atoms with Gasteiger partial charge in [0, 0.05) is 12.2 Å². The number of nitrogens with zero attached hydrogens (tertiary/aromatic N) is 2. The Kier molecular flexibility index (Phi) is 5.48. The van der Waals surface area contributed by atoms with E-state index in [-0.39, 0.29) is 24.6 Å². The van der Waals surface area contributed by atoms with E-state index in [4.69, 9.17) is 5.26 Å². The van der Waals surface area contributed by atoms with E-state index >= 15 is 0 Å². The summed E-state index contributed by atoms with van der Waals surface area (Å²) in [7, 11) is 0. The second-order valence-corrected chi connectivity index (χ2v) is 5.49. The van der Waals surface area contributed by atoms with Gasteiger partial charge in [-0.3, -0.25) is 4.79 Å². The minimum Gasteiger partial charge on any atom is -0.311 e. The first-order valence-corrected chi connectivity index (χ1v) is 7.51. The summed E-state index contributed by atoms with van der Waals surface area (Å²) in [6, 6.07) is 14.0. The Morgan fingerprint density at radius 1 is 1.17 bits per heavy atom. The van der Waals surface area contributed by atoms with E-state index in [9.17, 15) is 9.18 Å². The zero-order valence-electron chi connectivity index (χ0n) is 13.3. The van der Waals surface area contributed by atoms with Gasteiger partial charge in [-0.15, -0.1) is 0 Å². The third kappa shape index (κ3) is 4.17. The minimum atomic E-state index is -0.388. The number of halogens is 1. The molecule has 0 N–H and O–H groups in total. The van der Waals surface area contributed by atoms with Crippen molar-refractivity contribution >= 4 is 11.6 Å². The van der Waals surface area contributed by atoms with Gasteiger partial charge in [-0.05, 0) is 48.7 Å². The molecule has 0 aromatic heterocycles. The van der Waals surface area contributed by atoms with Crippen molar-refractivity contribution in [2.75, 3.05) is 11.4 Å². The van der Waals surface area contributed by atoms with Crippen molar-refractivity contribution in [3.8, 4) is 6.07 Å². The van der Waals surface area contributed by atoms with Crippen LogP contribution in [0.3, 0.4) is 0 Å². The zero-order chi connectivity index (χ0) is 16.8. The molecule has 0 saturated heterocycles. The fourth-order valence-corrected chi connectivity index (χ4v) is 2.35. The summed E-state index contributed by atoms with van der Waals surface area (Å²) in [4.78, 5) is 14.2. The van der Waals surface area contributed by atoms with Crippen molar-refractivity contribution in [1.82, 2.24) is 0 Å². The molecular weight excluding hydrogens is 291 g/mol. The lowest BCUT2D eigenvalue weighted by Crippen LogP contribution is -2.33. The van der Waals surface area contributed by atoms with E-state index < -0.39 is 0 Å². The molecule has 23 heavy (non-hydrogen) atoms. The Bertz CT molecular complexity index is 749. The van der Waals surface area contributed by atoms with Crippen LogP contribution in [0.5, 0.6) is 0 Å². The van der Waals surface area contributed by atoms with E-state index in [1.165, 1.54) is 6.07 Å². The molecule has 2 aromatic rings. The molecule has 0 saturated carbocycles. The number of hydrogen-bond donors (Lipinski definition) is 0. The molecule has 118 valence electrons. The Labute approximate surface area is 136 Å². The summed E-state index contributed by atoms with van der Waals surface area (Å²) in [6.07, 6.45) is 0.209. The van der Waals surface area contributed by atoms with Crippen molar-refractivity contribution in [2.45, 2.75) is 26.7 Å². The molecule has 0 atom stereocenters. The lowest BCUT2D eigenvalue weighted by Gasteiger charge is -2.23. The molecule has 0 spiro atoms. The summed E-state index contributed by atoms with van der Waals surface area (Å²) in [6.45, 7) is 4.27. The molecule has 0 bridgehead atoms. The van der Waals surface area contributed by atoms with Crippen LogP contribution in [0.25, 0.3) is 0 Å². The van der Waals surface area contributed by atoms with Crippen molar-refractivity contribution in [1.29, 1.82) is 5.26 Å². The van der Waals surface area contributed by atoms with Crippen LogP contribution in [0.15, 0.2) is 42.5 Å². The first kappa shape index (κ1) is 16.7. The lowest BCUT2D eigenvalue weighted by molar-refractivity contribution is -0.118. The number of benzene rings is 2. The third-order valence-electron chi connectivity index (χ3n) is 3.85. The first-order chi connectivity index (χ1) is 11.0. The van der Waals surface area contributed by atoms with Gasteiger partial charge in [0.15, 0.2) is 0 Å². The van der Waals surface area contributed by atoms with E-state index in [0.29, 0.717) is 12.1 Å². The van der Waals surface area contributed by atoms with Gasteiger partial charge in [-0.2, -0.15) is 5.26 Å². The van der Waals surface area contributed by atoms with Crippen molar-refractivity contribution in [2.24, 2.45) is 0 Å². The summed E-state index contributed by atoms with van der Waals surface area (Å²) in [5, 5.41) is 8.83. The lowest BCUT2D eigenvalue weighted by atomic mass is 10.1. The molecular formula is C19H19FN2O. The largest absolute Gasteiger partial charge is 0.311 e. The van der Waals surface area contributed by atoms with Crippen LogP contribution in [0.1, 0.15) is 23.1 Å². The van der Waals surface area contributed by atoms with Crippen molar-refractivity contribution in [3.63, 3.8) is 0 Å². The van der Waals surface area contributed by atoms with Gasteiger partial charge in [-0.25, -0.2) is 4.39 Å². The van der Waals surface area contributed by atoms with E-state index in [2.05, 4.69) is 6.07 Å². The quantitative estimate of drug-likeness (QED) is 0.840. The molecule has 3 nitrogen and oxygen atoms in total. The number of rotatable bonds is 5. The van der Waals surface area contributed by atoms with Crippen LogP contribution in [0.4, 0.5) is 10.1 Å². The van der Waals surface area contributed by atoms with Gasteiger partial charge in [-0.1, -0.05) is 24.3 Å². The molecule has 2 rings (SSSR count). The van der Waals surface area contributed by atoms with Crippen LogP contribution in [0, 0.1) is 31.0 Å². The van der Waals surface area contributed by atoms with Crippen molar-refractivity contribution in [3.05, 3.63) is 65.0 Å². The number of hydrogen-bond acceptors (Lipinski definition) is 2. The predicted molar refractivity (Wildman–Crippen MR) is 88.6 cm³/mol. The number of amides is 1. The Hall–Kier alpha value is -2.67. The summed E-state index contributed by atoms with van der Waals surface area (Å²) in [5.41, 5.74) is 3.31. The van der Waals surface area contributed by atoms with E-state index in [0.717, 1.165) is 16.8 Å². The number of anilines is 1. The van der Waals surface area contributed by atoms with Gasteiger partial charge in [0.25, 0.3) is 0 Å². The fourth-order valence-electron chi connectivity index (χ4n) is 2.35. The Balaban J connectivity index is 2.27. The van der Waals surface area contributed by atoms with Crippen LogP contribution in [-0.4, -0.2) is 12.5 Å². The SMILES string of the molecule is Cc1ccc(N(CCC#N)C(=O)Cc2ccccc2F)cc1C. The fraction of sp³-hybridized carbons (Fsp3) is 0.263. The average Bonchev–Trinajstić information content (AvgIpc) is 2.53. The third-order valence-corrected chi connectivity index (χ3v) is 3.85. The molecule has 2 aromatic carbocycles. The maximum absolute atomic E-state index is 13.8. The number of carbonyl (C=O) groups excluding carboxylic acids is 1. The monoisotopic (exact) mass is 310 g/mol. The number of carbonyl (C=O) groups is 1. The molecule has 0 heterocycles. The second-order valence-electron chi connectivity index (χ2n) is 5.49. The zero-order valence-corrected chi connectivity index (χ0v) is 13.3. The average molecular weight is 310 g/mol. The molecule has 0 unspecified atom stereocenters. The van der Waals surface area contributed by atoms with Gasteiger partial charge in [0.2, 0.25) is 5.91 Å². The summed E-state index contributed by atoms with van der Waals surface area (Å²) < 4.78 is 13.8. The Morgan fingerprint density at radius 3 is 2.57 bits per heavy atom. The number of nitriles is 1. The summed E-state index contributed by atoms with van der Waals surface area (Å²) in [5.74, 6) is -0.602. The second kappa shape index (κ2) is 7.55. The van der Waals surface area contributed by atoms with Crippen LogP contribution >= 0.6 is 0 Å². The minimum absolute atomic E-state index is 0.0228. The highest BCUT2D eigenvalue weighted by atomic mass is 19.1. The van der Waals surface area contributed by atoms with Crippen molar-refractivity contribution < 1.29 is 9.18 Å². The highest BCUT2D eigenvalue weighted by Crippen LogP contribution is 2.21. The maximum atomic E-state index is 13.8. The highest BCUT2D eigenvalue weighted by molar-refractivity contribution is 5.95. The Morgan fingerprint density at radius 2 is 1.91 bits per heavy atom. The van der Waals surface area contributed by atoms with Crippen LogP contribution < -0.4 is 4.90 Å². The van der Waals surface area contributed by atoms with Gasteiger partial charge in [0.05, 0.1) is 18.9 Å². The topological polar surface area (TPSA) is 44.1 Å². The van der Waals surface area contributed by atoms with Gasteiger partial charge < -0.3 is 4.90 Å². The van der Waals surface area contributed by atoms with E-state index in [1.54, 1.807) is 23.1 Å². The molecule has 1 amide bonds. The van der Waals surface area contributed by atoms with E-state index in [1.807, 2.05) is 32.0 Å². The molecule has 0 fully saturated rings. The maximum Gasteiger partial charge on any atom is 0.231 e. The highest BCUT2D eigenvalue weighted by Gasteiger charge is 2.18. The molecule has 0 aliphatic carbocycles. The first-order valence-electron chi connectivity index (χ1n) is 7.51. The standard InChI is InChI=1S/C19H19FN2O/c1-14-8-9-17(12-15(14)2)22(11-5-10-21)19(23)13-16-6-3-4-7-18(16)20/h3-4,6-9,12H,5,11,13H2,1-2H3. The normalized spacial score (nSPS) is 10.2. The van der Waals surface area contributed by atoms with Crippen LogP contribution in [0.2, 0.25) is 0 Å². The van der Waals surface area contributed by atoms with Gasteiger partial charge in [0.1, 0.15) is 5.82 Å². The summed E-state index contributed by atoms with van der Waals surface area (Å²) >= 11 is 0. The van der Waals surface area contributed by atoms with Gasteiger partial charge >= 0.3 is 0 Å². The predicted octanol–water partition coefficient (Wildman–Crippen LogP) is 3.93. The molecule has 0 aliphatic rings.